The van der Waals surface area contributed by atoms with Gasteiger partial charge in [-0.3, -0.25) is 4.79 Å². The van der Waals surface area contributed by atoms with Crippen LogP contribution in [0.1, 0.15) is 68.2 Å². The molecule has 28 heavy (non-hydrogen) atoms. The predicted octanol–water partition coefficient (Wildman–Crippen LogP) is 5.71. The van der Waals surface area contributed by atoms with E-state index in [9.17, 15) is 4.79 Å². The lowest BCUT2D eigenvalue weighted by Crippen LogP contribution is -2.59. The van der Waals surface area contributed by atoms with Gasteiger partial charge in [0.1, 0.15) is 0 Å². The third-order valence-electron chi connectivity index (χ3n) is 7.85. The molecule has 1 N–H and O–H groups in total. The summed E-state index contributed by atoms with van der Waals surface area (Å²) in [4.78, 5) is 13.6. The third-order valence-corrected chi connectivity index (χ3v) is 7.85. The maximum Gasteiger partial charge on any atom is 0.226 e. The normalized spacial score (nSPS) is 34.2. The number of hydrogen-bond donors (Lipinski definition) is 1. The highest BCUT2D eigenvalue weighted by Crippen LogP contribution is 2.65. The summed E-state index contributed by atoms with van der Waals surface area (Å²) in [5, 5.41) is 3.39. The fraction of sp³-hybridized carbons (Fsp3) is 0.500. The Labute approximate surface area is 168 Å². The van der Waals surface area contributed by atoms with Crippen LogP contribution in [0.2, 0.25) is 0 Å². The van der Waals surface area contributed by atoms with E-state index in [1.54, 1.807) is 0 Å². The topological polar surface area (TPSA) is 29.1 Å². The van der Waals surface area contributed by atoms with Crippen LogP contribution in [0, 0.1) is 24.2 Å². The molecule has 4 fully saturated rings. The van der Waals surface area contributed by atoms with Gasteiger partial charge in [-0.15, -0.1) is 0 Å². The molecule has 6 rings (SSSR count). The van der Waals surface area contributed by atoms with E-state index in [1.165, 1.54) is 36.0 Å². The summed E-state index contributed by atoms with van der Waals surface area (Å²) >= 11 is 0. The van der Waals surface area contributed by atoms with Crippen molar-refractivity contribution in [3.05, 3.63) is 71.3 Å². The predicted molar refractivity (Wildman–Crippen MR) is 113 cm³/mol. The van der Waals surface area contributed by atoms with Crippen LogP contribution in [0.15, 0.2) is 54.6 Å². The molecule has 0 spiro atoms. The lowest BCUT2D eigenvalue weighted by Gasteiger charge is -2.61. The van der Waals surface area contributed by atoms with E-state index >= 15 is 0 Å². The number of aryl methyl sites for hydroxylation is 1. The Hall–Kier alpha value is -2.09. The summed E-state index contributed by atoms with van der Waals surface area (Å²) in [6.45, 7) is 4.27. The van der Waals surface area contributed by atoms with Crippen molar-refractivity contribution in [2.45, 2.75) is 63.8 Å². The quantitative estimate of drug-likeness (QED) is 0.730. The Balaban J connectivity index is 1.43. The average Bonchev–Trinajstić information content (AvgIpc) is 2.68. The first-order valence-electron chi connectivity index (χ1n) is 10.9. The second kappa shape index (κ2) is 6.47. The van der Waals surface area contributed by atoms with Gasteiger partial charge in [-0.05, 0) is 80.8 Å². The Morgan fingerprint density at radius 3 is 2.25 bits per heavy atom. The minimum absolute atomic E-state index is 0.0667. The summed E-state index contributed by atoms with van der Waals surface area (Å²) in [7, 11) is 0. The minimum Gasteiger partial charge on any atom is -0.349 e. The number of nitrogens with one attached hydrogen (secondary N) is 1. The van der Waals surface area contributed by atoms with Gasteiger partial charge >= 0.3 is 0 Å². The number of amides is 1. The zero-order valence-electron chi connectivity index (χ0n) is 17.1. The molecule has 146 valence electrons. The SMILES string of the molecule is Cc1ccc(C23CC4CC(CC(C(=O)NC(C)c5ccccc5)(C4)C2)C3)cc1. The number of benzene rings is 2. The molecule has 4 saturated carbocycles. The molecule has 2 aromatic carbocycles. The summed E-state index contributed by atoms with van der Waals surface area (Å²) in [5.41, 5.74) is 4.02. The third kappa shape index (κ3) is 2.89. The van der Waals surface area contributed by atoms with Crippen LogP contribution in [0.5, 0.6) is 0 Å². The number of carbonyl (C=O) groups excluding carboxylic acids is 1. The van der Waals surface area contributed by atoms with Gasteiger partial charge in [0.2, 0.25) is 5.91 Å². The molecule has 1 amide bonds. The monoisotopic (exact) mass is 373 g/mol. The van der Waals surface area contributed by atoms with Crippen molar-refractivity contribution in [2.75, 3.05) is 0 Å². The van der Waals surface area contributed by atoms with Crippen LogP contribution in [-0.4, -0.2) is 5.91 Å². The summed E-state index contributed by atoms with van der Waals surface area (Å²) in [6.07, 6.45) is 7.08. The molecule has 3 atom stereocenters. The molecule has 0 aliphatic heterocycles. The van der Waals surface area contributed by atoms with E-state index < -0.39 is 0 Å². The molecule has 4 aliphatic rings. The second-order valence-corrected chi connectivity index (χ2v) is 9.99. The number of carbonyl (C=O) groups is 1. The summed E-state index contributed by atoms with van der Waals surface area (Å²) in [6, 6.07) is 19.6. The minimum atomic E-state index is -0.169. The van der Waals surface area contributed by atoms with Crippen LogP contribution in [0.25, 0.3) is 0 Å². The summed E-state index contributed by atoms with van der Waals surface area (Å²) in [5.74, 6) is 1.72. The van der Waals surface area contributed by atoms with Crippen LogP contribution in [-0.2, 0) is 10.2 Å². The van der Waals surface area contributed by atoms with E-state index in [1.807, 2.05) is 6.07 Å². The van der Waals surface area contributed by atoms with Gasteiger partial charge in [-0.2, -0.15) is 0 Å². The zero-order chi connectivity index (χ0) is 19.4. The van der Waals surface area contributed by atoms with E-state index in [4.69, 9.17) is 0 Å². The van der Waals surface area contributed by atoms with E-state index in [0.717, 1.165) is 19.3 Å². The van der Waals surface area contributed by atoms with Crippen molar-refractivity contribution in [1.29, 1.82) is 0 Å². The Bertz CT molecular complexity index is 855. The molecule has 2 nitrogen and oxygen atoms in total. The Kier molecular flexibility index (Phi) is 4.15. The fourth-order valence-electron chi connectivity index (χ4n) is 6.95. The van der Waals surface area contributed by atoms with Gasteiger partial charge in [-0.25, -0.2) is 0 Å². The largest absolute Gasteiger partial charge is 0.349 e. The smallest absolute Gasteiger partial charge is 0.226 e. The van der Waals surface area contributed by atoms with Crippen LogP contribution in [0.3, 0.4) is 0 Å². The number of hydrogen-bond acceptors (Lipinski definition) is 1. The molecule has 3 unspecified atom stereocenters. The van der Waals surface area contributed by atoms with E-state index in [0.29, 0.717) is 17.7 Å². The molecule has 0 radical (unpaired) electrons. The maximum absolute atomic E-state index is 13.6. The van der Waals surface area contributed by atoms with Crippen molar-refractivity contribution in [1.82, 2.24) is 5.32 Å². The lowest BCUT2D eigenvalue weighted by atomic mass is 9.42. The Morgan fingerprint density at radius 1 is 0.964 bits per heavy atom. The zero-order valence-corrected chi connectivity index (χ0v) is 17.1. The van der Waals surface area contributed by atoms with Crippen molar-refractivity contribution in [3.8, 4) is 0 Å². The van der Waals surface area contributed by atoms with Crippen molar-refractivity contribution in [3.63, 3.8) is 0 Å². The van der Waals surface area contributed by atoms with Crippen molar-refractivity contribution >= 4 is 5.91 Å². The molecular formula is C26H31NO. The molecule has 2 heteroatoms. The van der Waals surface area contributed by atoms with Crippen LogP contribution >= 0.6 is 0 Å². The highest BCUT2D eigenvalue weighted by Gasteiger charge is 2.60. The maximum atomic E-state index is 13.6. The molecule has 4 aliphatic carbocycles. The standard InChI is InChI=1S/C26H31NO/c1-18-8-10-23(11-9-18)25-13-20-12-21(14-25)16-26(15-20,17-25)24(28)27-19(2)22-6-4-3-5-7-22/h3-11,19-21H,12-17H2,1-2H3,(H,27,28). The lowest BCUT2D eigenvalue weighted by molar-refractivity contribution is -0.149. The van der Waals surface area contributed by atoms with Crippen molar-refractivity contribution in [2.24, 2.45) is 17.3 Å². The van der Waals surface area contributed by atoms with Crippen LogP contribution < -0.4 is 5.32 Å². The summed E-state index contributed by atoms with van der Waals surface area (Å²) < 4.78 is 0. The van der Waals surface area contributed by atoms with E-state index in [-0.39, 0.29) is 16.9 Å². The average molecular weight is 374 g/mol. The highest BCUT2D eigenvalue weighted by molar-refractivity contribution is 5.84. The second-order valence-electron chi connectivity index (χ2n) is 9.99. The van der Waals surface area contributed by atoms with Gasteiger partial charge in [-0.1, -0.05) is 60.2 Å². The first-order valence-corrected chi connectivity index (χ1v) is 10.9. The molecule has 2 aromatic rings. The van der Waals surface area contributed by atoms with E-state index in [2.05, 4.69) is 67.7 Å². The molecule has 4 bridgehead atoms. The van der Waals surface area contributed by atoms with Gasteiger partial charge in [0.05, 0.1) is 11.5 Å². The molecule has 0 aromatic heterocycles. The first-order chi connectivity index (χ1) is 13.5. The van der Waals surface area contributed by atoms with Crippen molar-refractivity contribution < 1.29 is 4.79 Å². The Morgan fingerprint density at radius 2 is 1.61 bits per heavy atom. The molecular weight excluding hydrogens is 342 g/mol. The fourth-order valence-corrected chi connectivity index (χ4v) is 6.95. The molecule has 0 saturated heterocycles. The van der Waals surface area contributed by atoms with Gasteiger partial charge < -0.3 is 5.32 Å². The highest BCUT2D eigenvalue weighted by atomic mass is 16.2. The number of rotatable bonds is 4. The van der Waals surface area contributed by atoms with Crippen LogP contribution in [0.4, 0.5) is 0 Å². The van der Waals surface area contributed by atoms with Gasteiger partial charge in [0.25, 0.3) is 0 Å². The van der Waals surface area contributed by atoms with Gasteiger partial charge in [0.15, 0.2) is 0 Å². The first kappa shape index (κ1) is 18.0. The molecule has 0 heterocycles. The van der Waals surface area contributed by atoms with Gasteiger partial charge in [0, 0.05) is 0 Å².